The van der Waals surface area contributed by atoms with Gasteiger partial charge in [-0.1, -0.05) is 26.0 Å². The van der Waals surface area contributed by atoms with Crippen LogP contribution in [0.2, 0.25) is 0 Å². The minimum atomic E-state index is -1.16. The molecule has 2 rings (SSSR count). The van der Waals surface area contributed by atoms with Gasteiger partial charge >= 0.3 is 5.97 Å². The van der Waals surface area contributed by atoms with Gasteiger partial charge in [0.15, 0.2) is 0 Å². The molecular formula is C22H28FN3O4. The predicted octanol–water partition coefficient (Wildman–Crippen LogP) is 3.07. The fraction of sp³-hybridized carbons (Fsp3) is 0.409. The quantitative estimate of drug-likeness (QED) is 0.576. The number of carboxylic acid groups (broad SMARTS) is 1. The molecule has 0 fully saturated rings. The number of carbonyl (C=O) groups is 1. The van der Waals surface area contributed by atoms with Gasteiger partial charge in [0.05, 0.1) is 30.0 Å². The van der Waals surface area contributed by atoms with Gasteiger partial charge in [0.2, 0.25) is 5.95 Å². The molecule has 3 N–H and O–H groups in total. The number of hydrogen-bond acceptors (Lipinski definition) is 6. The van der Waals surface area contributed by atoms with Crippen LogP contribution in [-0.2, 0) is 4.79 Å². The third kappa shape index (κ3) is 6.33. The Balaban J connectivity index is 2.49. The molecule has 0 aliphatic rings. The van der Waals surface area contributed by atoms with Crippen molar-refractivity contribution in [3.63, 3.8) is 0 Å². The molecule has 2 aromatic rings. The lowest BCUT2D eigenvalue weighted by Gasteiger charge is -2.19. The first-order valence-electron chi connectivity index (χ1n) is 9.69. The molecular weight excluding hydrogens is 389 g/mol. The van der Waals surface area contributed by atoms with E-state index in [1.165, 1.54) is 18.2 Å². The van der Waals surface area contributed by atoms with Gasteiger partial charge in [-0.2, -0.15) is 0 Å². The summed E-state index contributed by atoms with van der Waals surface area (Å²) in [4.78, 5) is 21.7. The summed E-state index contributed by atoms with van der Waals surface area (Å²) in [7, 11) is 3.66. The second-order valence-electron chi connectivity index (χ2n) is 7.64. The topological polar surface area (TPSA) is 107 Å². The molecule has 0 spiro atoms. The lowest BCUT2D eigenvalue weighted by atomic mass is 9.97. The monoisotopic (exact) mass is 417 g/mol. The number of aliphatic carboxylic acids is 1. The first-order chi connectivity index (χ1) is 14.1. The average Bonchev–Trinajstić information content (AvgIpc) is 2.65. The maximum Gasteiger partial charge on any atom is 0.305 e. The summed E-state index contributed by atoms with van der Waals surface area (Å²) in [6.07, 6.45) is 0.403. The van der Waals surface area contributed by atoms with Crippen LogP contribution in [0.15, 0.2) is 30.3 Å². The molecule has 162 valence electrons. The Morgan fingerprint density at radius 1 is 1.17 bits per heavy atom. The van der Waals surface area contributed by atoms with Gasteiger partial charge in [0.25, 0.3) is 0 Å². The Bertz CT molecular complexity index is 898. The molecule has 1 aromatic carbocycles. The van der Waals surface area contributed by atoms with Gasteiger partial charge < -0.3 is 20.2 Å². The highest BCUT2D eigenvalue weighted by Crippen LogP contribution is 2.31. The van der Waals surface area contributed by atoms with Crippen LogP contribution in [0.25, 0.3) is 17.3 Å². The maximum atomic E-state index is 13.4. The normalized spacial score (nSPS) is 13.6. The highest BCUT2D eigenvalue weighted by molar-refractivity contribution is 5.75. The van der Waals surface area contributed by atoms with Crippen LogP contribution in [0, 0.1) is 5.82 Å². The molecule has 0 amide bonds. The van der Waals surface area contributed by atoms with E-state index in [2.05, 4.69) is 9.97 Å². The molecule has 1 unspecified atom stereocenters. The largest absolute Gasteiger partial charge is 0.481 e. The van der Waals surface area contributed by atoms with Crippen LogP contribution >= 0.6 is 0 Å². The van der Waals surface area contributed by atoms with E-state index in [4.69, 9.17) is 5.11 Å². The van der Waals surface area contributed by atoms with Crippen LogP contribution in [0.4, 0.5) is 10.3 Å². The summed E-state index contributed by atoms with van der Waals surface area (Å²) >= 11 is 0. The highest BCUT2D eigenvalue weighted by Gasteiger charge is 2.19. The van der Waals surface area contributed by atoms with Crippen molar-refractivity contribution in [2.75, 3.05) is 19.0 Å². The van der Waals surface area contributed by atoms with Crippen molar-refractivity contribution >= 4 is 18.0 Å². The summed E-state index contributed by atoms with van der Waals surface area (Å²) in [5.41, 5.74) is 2.72. The number of anilines is 1. The van der Waals surface area contributed by atoms with Crippen LogP contribution < -0.4 is 4.90 Å². The van der Waals surface area contributed by atoms with Gasteiger partial charge in [-0.15, -0.1) is 0 Å². The molecule has 2 atom stereocenters. The molecule has 1 heterocycles. The van der Waals surface area contributed by atoms with E-state index >= 15 is 0 Å². The molecule has 0 saturated heterocycles. The Labute approximate surface area is 175 Å². The van der Waals surface area contributed by atoms with Gasteiger partial charge in [-0.25, -0.2) is 14.4 Å². The van der Waals surface area contributed by atoms with Crippen LogP contribution in [0.3, 0.4) is 0 Å². The first-order valence-corrected chi connectivity index (χ1v) is 9.69. The zero-order valence-corrected chi connectivity index (χ0v) is 17.6. The summed E-state index contributed by atoms with van der Waals surface area (Å²) in [5.74, 6) is -0.940. The Kier molecular flexibility index (Phi) is 8.02. The Morgan fingerprint density at radius 3 is 2.33 bits per heavy atom. The SMILES string of the molecule is CC(C)c1nc(N(C)C)nc(-c2ccc(F)cc2)c1C=C[C@@H](O)CC(O)CC(=O)O. The third-order valence-corrected chi connectivity index (χ3v) is 4.44. The minimum Gasteiger partial charge on any atom is -0.481 e. The second kappa shape index (κ2) is 10.3. The van der Waals surface area contributed by atoms with Crippen molar-refractivity contribution in [2.45, 2.75) is 44.8 Å². The zero-order chi connectivity index (χ0) is 22.4. The third-order valence-electron chi connectivity index (χ3n) is 4.44. The fourth-order valence-corrected chi connectivity index (χ4v) is 2.96. The minimum absolute atomic E-state index is 0.0419. The molecule has 7 nitrogen and oxygen atoms in total. The van der Waals surface area contributed by atoms with E-state index in [9.17, 15) is 19.4 Å². The molecule has 0 bridgehead atoms. The number of rotatable bonds is 9. The number of benzene rings is 1. The smallest absolute Gasteiger partial charge is 0.305 e. The predicted molar refractivity (Wildman–Crippen MR) is 114 cm³/mol. The molecule has 8 heteroatoms. The van der Waals surface area contributed by atoms with Crippen LogP contribution in [0.5, 0.6) is 0 Å². The molecule has 0 aliphatic carbocycles. The number of hydrogen-bond donors (Lipinski definition) is 3. The standard InChI is InChI=1S/C22H28FN3O4/c1-13(2)20-18(10-9-16(27)11-17(28)12-19(29)30)21(25-22(24-20)26(3)4)14-5-7-15(23)8-6-14/h5-10,13,16-17,27-28H,11-12H2,1-4H3,(H,29,30)/t16-,17?/m1/s1. The molecule has 0 aliphatic heterocycles. The summed E-state index contributed by atoms with van der Waals surface area (Å²) < 4.78 is 13.4. The molecule has 0 saturated carbocycles. The average molecular weight is 417 g/mol. The lowest BCUT2D eigenvalue weighted by molar-refractivity contribution is -0.139. The number of carboxylic acids is 1. The van der Waals surface area contributed by atoms with E-state index in [-0.39, 0.29) is 18.2 Å². The molecule has 30 heavy (non-hydrogen) atoms. The highest BCUT2D eigenvalue weighted by atomic mass is 19.1. The number of aliphatic hydroxyl groups is 2. The number of aliphatic hydroxyl groups excluding tert-OH is 2. The van der Waals surface area contributed by atoms with Crippen molar-refractivity contribution in [3.05, 3.63) is 47.4 Å². The van der Waals surface area contributed by atoms with E-state index in [0.717, 1.165) is 5.69 Å². The van der Waals surface area contributed by atoms with Crippen molar-refractivity contribution in [3.8, 4) is 11.3 Å². The van der Waals surface area contributed by atoms with Crippen molar-refractivity contribution in [1.29, 1.82) is 0 Å². The van der Waals surface area contributed by atoms with E-state index in [0.29, 0.717) is 22.8 Å². The zero-order valence-electron chi connectivity index (χ0n) is 17.6. The van der Waals surface area contributed by atoms with E-state index < -0.39 is 24.6 Å². The van der Waals surface area contributed by atoms with Crippen LogP contribution in [-0.4, -0.2) is 57.6 Å². The van der Waals surface area contributed by atoms with E-state index in [1.54, 1.807) is 23.1 Å². The Hall–Kier alpha value is -2.84. The maximum absolute atomic E-state index is 13.4. The molecule has 0 radical (unpaired) electrons. The van der Waals surface area contributed by atoms with Crippen molar-refractivity contribution in [2.24, 2.45) is 0 Å². The van der Waals surface area contributed by atoms with Crippen LogP contribution in [0.1, 0.15) is 43.9 Å². The van der Waals surface area contributed by atoms with Gasteiger partial charge in [-0.05, 0) is 30.2 Å². The first kappa shape index (κ1) is 23.4. The lowest BCUT2D eigenvalue weighted by Crippen LogP contribution is -2.19. The second-order valence-corrected chi connectivity index (χ2v) is 7.64. The van der Waals surface area contributed by atoms with Crippen molar-refractivity contribution in [1.82, 2.24) is 9.97 Å². The summed E-state index contributed by atoms with van der Waals surface area (Å²) in [5, 5.41) is 28.7. The van der Waals surface area contributed by atoms with Gasteiger partial charge in [-0.3, -0.25) is 4.79 Å². The van der Waals surface area contributed by atoms with Gasteiger partial charge in [0, 0.05) is 31.6 Å². The number of aromatic nitrogens is 2. The fourth-order valence-electron chi connectivity index (χ4n) is 2.96. The van der Waals surface area contributed by atoms with Crippen molar-refractivity contribution < 1.29 is 24.5 Å². The Morgan fingerprint density at radius 2 is 1.80 bits per heavy atom. The summed E-state index contributed by atoms with van der Waals surface area (Å²) in [6.45, 7) is 3.97. The summed E-state index contributed by atoms with van der Waals surface area (Å²) in [6, 6.07) is 5.97. The number of halogens is 1. The van der Waals surface area contributed by atoms with Gasteiger partial charge in [0.1, 0.15) is 5.82 Å². The molecule has 1 aromatic heterocycles. The number of nitrogens with zero attached hydrogens (tertiary/aromatic N) is 3. The van der Waals surface area contributed by atoms with E-state index in [1.807, 2.05) is 27.9 Å².